The van der Waals surface area contributed by atoms with Crippen LogP contribution in [0.25, 0.3) is 0 Å². The largest absolute Gasteiger partial charge is 0.298 e. The molecule has 112 valence electrons. The van der Waals surface area contributed by atoms with Crippen molar-refractivity contribution in [3.05, 3.63) is 41.5 Å². The quantitative estimate of drug-likeness (QED) is 0.775. The maximum Gasteiger partial charge on any atom is 0.152 e. The van der Waals surface area contributed by atoms with Gasteiger partial charge in [-0.2, -0.15) is 0 Å². The van der Waals surface area contributed by atoms with Crippen molar-refractivity contribution in [3.63, 3.8) is 0 Å². The van der Waals surface area contributed by atoms with Crippen LogP contribution in [0.4, 0.5) is 0 Å². The van der Waals surface area contributed by atoms with E-state index in [0.717, 1.165) is 35.3 Å². The zero-order valence-electron chi connectivity index (χ0n) is 12.7. The average Bonchev–Trinajstić information content (AvgIpc) is 2.48. The minimum absolute atomic E-state index is 0.0805. The SMILES string of the molecule is Cc1ccc(S(=O)C2C(=O)CCC3(C)CCCC=C23)cc1. The van der Waals surface area contributed by atoms with E-state index in [1.165, 1.54) is 6.42 Å². The summed E-state index contributed by atoms with van der Waals surface area (Å²) in [6.45, 7) is 4.25. The van der Waals surface area contributed by atoms with Gasteiger partial charge in [0.15, 0.2) is 5.78 Å². The van der Waals surface area contributed by atoms with Crippen LogP contribution in [0, 0.1) is 12.3 Å². The zero-order valence-corrected chi connectivity index (χ0v) is 13.5. The summed E-state index contributed by atoms with van der Waals surface area (Å²) in [6, 6.07) is 7.73. The fourth-order valence-corrected chi connectivity index (χ4v) is 5.22. The Morgan fingerprint density at radius 1 is 1.19 bits per heavy atom. The van der Waals surface area contributed by atoms with Crippen molar-refractivity contribution < 1.29 is 9.00 Å². The van der Waals surface area contributed by atoms with E-state index in [0.29, 0.717) is 6.42 Å². The second kappa shape index (κ2) is 5.53. The van der Waals surface area contributed by atoms with E-state index in [9.17, 15) is 9.00 Å². The van der Waals surface area contributed by atoms with Gasteiger partial charge in [-0.3, -0.25) is 9.00 Å². The topological polar surface area (TPSA) is 34.1 Å². The van der Waals surface area contributed by atoms with E-state index >= 15 is 0 Å². The van der Waals surface area contributed by atoms with E-state index in [2.05, 4.69) is 13.0 Å². The molecule has 3 unspecified atom stereocenters. The predicted molar refractivity (Wildman–Crippen MR) is 85.7 cm³/mol. The number of allylic oxidation sites excluding steroid dienone is 1. The van der Waals surface area contributed by atoms with Crippen LogP contribution in [0.5, 0.6) is 0 Å². The molecule has 2 aliphatic rings. The molecule has 0 N–H and O–H groups in total. The van der Waals surface area contributed by atoms with Crippen LogP contribution < -0.4 is 0 Å². The minimum atomic E-state index is -1.27. The number of Topliss-reactive ketones (excluding diaryl/α,β-unsaturated/α-hetero) is 1. The lowest BCUT2D eigenvalue weighted by Gasteiger charge is -2.42. The van der Waals surface area contributed by atoms with Crippen molar-refractivity contribution in [2.24, 2.45) is 5.41 Å². The van der Waals surface area contributed by atoms with Crippen LogP contribution >= 0.6 is 0 Å². The molecule has 1 aromatic carbocycles. The first-order chi connectivity index (χ1) is 10.0. The summed E-state index contributed by atoms with van der Waals surface area (Å²) in [5.41, 5.74) is 2.37. The molecule has 0 aliphatic heterocycles. The van der Waals surface area contributed by atoms with E-state index in [1.54, 1.807) is 0 Å². The Balaban J connectivity index is 1.98. The summed E-state index contributed by atoms with van der Waals surface area (Å²) in [5, 5.41) is -0.424. The standard InChI is InChI=1S/C18H22O2S/c1-13-6-8-14(9-7-13)21(20)17-15-5-3-4-11-18(15,2)12-10-16(17)19/h5-9,17H,3-4,10-12H2,1-2H3. The monoisotopic (exact) mass is 302 g/mol. The second-order valence-electron chi connectivity index (χ2n) is 6.57. The van der Waals surface area contributed by atoms with Crippen molar-refractivity contribution >= 4 is 16.6 Å². The number of hydrogen-bond donors (Lipinski definition) is 0. The van der Waals surface area contributed by atoms with E-state index < -0.39 is 16.0 Å². The Labute approximate surface area is 129 Å². The lowest BCUT2D eigenvalue weighted by atomic mass is 9.65. The summed E-state index contributed by atoms with van der Waals surface area (Å²) in [6.07, 6.45) is 6.98. The number of ketones is 1. The van der Waals surface area contributed by atoms with Gasteiger partial charge in [-0.1, -0.05) is 30.7 Å². The first-order valence-corrected chi connectivity index (χ1v) is 8.93. The smallest absolute Gasteiger partial charge is 0.152 e. The molecule has 2 nitrogen and oxygen atoms in total. The van der Waals surface area contributed by atoms with Gasteiger partial charge in [-0.25, -0.2) is 0 Å². The maximum absolute atomic E-state index is 13.0. The summed E-state index contributed by atoms with van der Waals surface area (Å²) in [4.78, 5) is 13.2. The lowest BCUT2D eigenvalue weighted by Crippen LogP contribution is -2.42. The van der Waals surface area contributed by atoms with Crippen molar-refractivity contribution in [3.8, 4) is 0 Å². The van der Waals surface area contributed by atoms with Gasteiger partial charge in [-0.15, -0.1) is 0 Å². The molecule has 1 saturated carbocycles. The van der Waals surface area contributed by atoms with Gasteiger partial charge >= 0.3 is 0 Å². The van der Waals surface area contributed by atoms with Gasteiger partial charge in [-0.05, 0) is 55.7 Å². The number of fused-ring (bicyclic) bond motifs is 1. The highest BCUT2D eigenvalue weighted by Crippen LogP contribution is 2.48. The average molecular weight is 302 g/mol. The predicted octanol–water partition coefficient (Wildman–Crippen LogP) is 3.95. The molecule has 0 bridgehead atoms. The fourth-order valence-electron chi connectivity index (χ4n) is 3.58. The van der Waals surface area contributed by atoms with Crippen LogP contribution in [0.1, 0.15) is 44.6 Å². The third-order valence-electron chi connectivity index (χ3n) is 4.96. The molecule has 1 aromatic rings. The van der Waals surface area contributed by atoms with E-state index in [4.69, 9.17) is 0 Å². The number of hydrogen-bond acceptors (Lipinski definition) is 2. The molecule has 3 atom stereocenters. The Bertz CT molecular complexity index is 615. The van der Waals surface area contributed by atoms with Crippen molar-refractivity contribution in [1.82, 2.24) is 0 Å². The van der Waals surface area contributed by atoms with E-state index in [1.807, 2.05) is 31.2 Å². The van der Waals surface area contributed by atoms with Crippen molar-refractivity contribution in [2.45, 2.75) is 56.1 Å². The number of carbonyl (C=O) groups excluding carboxylic acids is 1. The second-order valence-corrected chi connectivity index (χ2v) is 8.11. The molecule has 3 heteroatoms. The van der Waals surface area contributed by atoms with Gasteiger partial charge in [0.25, 0.3) is 0 Å². The zero-order chi connectivity index (χ0) is 15.0. The molecule has 0 spiro atoms. The Kier molecular flexibility index (Phi) is 3.87. The first-order valence-electron chi connectivity index (χ1n) is 7.72. The molecule has 0 amide bonds. The lowest BCUT2D eigenvalue weighted by molar-refractivity contribution is -0.120. The summed E-state index contributed by atoms with van der Waals surface area (Å²) >= 11 is 0. The van der Waals surface area contributed by atoms with Crippen LogP contribution in [-0.4, -0.2) is 15.2 Å². The first kappa shape index (κ1) is 14.7. The van der Waals surface area contributed by atoms with Crippen LogP contribution in [0.3, 0.4) is 0 Å². The molecule has 0 heterocycles. The molecular formula is C18H22O2S. The number of benzene rings is 1. The van der Waals surface area contributed by atoms with Crippen molar-refractivity contribution in [1.29, 1.82) is 0 Å². The highest BCUT2D eigenvalue weighted by atomic mass is 32.2. The normalized spacial score (nSPS) is 30.5. The van der Waals surface area contributed by atoms with E-state index in [-0.39, 0.29) is 11.2 Å². The molecule has 3 rings (SSSR count). The van der Waals surface area contributed by atoms with Gasteiger partial charge in [0.05, 0.1) is 10.8 Å². The Hall–Kier alpha value is -1.22. The molecule has 1 fully saturated rings. The van der Waals surface area contributed by atoms with Crippen LogP contribution in [0.2, 0.25) is 0 Å². The Morgan fingerprint density at radius 2 is 1.90 bits per heavy atom. The highest BCUT2D eigenvalue weighted by molar-refractivity contribution is 7.86. The summed E-state index contributed by atoms with van der Waals surface area (Å²) < 4.78 is 13.0. The molecule has 2 aliphatic carbocycles. The van der Waals surface area contributed by atoms with Gasteiger partial charge < -0.3 is 0 Å². The fraction of sp³-hybridized carbons (Fsp3) is 0.500. The molecule has 0 radical (unpaired) electrons. The van der Waals surface area contributed by atoms with Gasteiger partial charge in [0.1, 0.15) is 5.25 Å². The summed E-state index contributed by atoms with van der Waals surface area (Å²) in [7, 11) is -1.27. The summed E-state index contributed by atoms with van der Waals surface area (Å²) in [5.74, 6) is 0.152. The number of rotatable bonds is 2. The third kappa shape index (κ3) is 2.64. The maximum atomic E-state index is 13.0. The molecule has 0 aromatic heterocycles. The minimum Gasteiger partial charge on any atom is -0.298 e. The molecule has 0 saturated heterocycles. The van der Waals surface area contributed by atoms with Crippen LogP contribution in [-0.2, 0) is 15.6 Å². The van der Waals surface area contributed by atoms with Gasteiger partial charge in [0.2, 0.25) is 0 Å². The van der Waals surface area contributed by atoms with Crippen molar-refractivity contribution in [2.75, 3.05) is 0 Å². The highest BCUT2D eigenvalue weighted by Gasteiger charge is 2.45. The molecular weight excluding hydrogens is 280 g/mol. The number of aryl methyl sites for hydroxylation is 1. The number of carbonyl (C=O) groups is 1. The Morgan fingerprint density at radius 3 is 2.62 bits per heavy atom. The van der Waals surface area contributed by atoms with Crippen LogP contribution in [0.15, 0.2) is 40.8 Å². The molecule has 21 heavy (non-hydrogen) atoms. The third-order valence-corrected chi connectivity index (χ3v) is 6.64. The van der Waals surface area contributed by atoms with Gasteiger partial charge in [0, 0.05) is 11.3 Å².